The molecule has 2 heterocycles. The molecule has 1 aliphatic rings. The van der Waals surface area contributed by atoms with Gasteiger partial charge in [-0.1, -0.05) is 29.3 Å². The Balaban J connectivity index is 1.62. The Labute approximate surface area is 139 Å². The number of halogens is 2. The van der Waals surface area contributed by atoms with E-state index in [2.05, 4.69) is 4.90 Å². The average molecular weight is 339 g/mol. The number of rotatable bonds is 3. The fraction of sp³-hybridized carbons (Fsp3) is 0.312. The van der Waals surface area contributed by atoms with Crippen molar-refractivity contribution in [2.24, 2.45) is 0 Å². The third-order valence-electron chi connectivity index (χ3n) is 3.80. The number of hydrogen-bond acceptors (Lipinski definition) is 3. The molecule has 1 aliphatic heterocycles. The van der Waals surface area contributed by atoms with Crippen LogP contribution in [0.3, 0.4) is 0 Å². The van der Waals surface area contributed by atoms with Gasteiger partial charge in [-0.15, -0.1) is 0 Å². The number of carbonyl (C=O) groups excluding carboxylic acids is 1. The summed E-state index contributed by atoms with van der Waals surface area (Å²) in [6.45, 7) is 3.67. The van der Waals surface area contributed by atoms with Crippen molar-refractivity contribution < 1.29 is 9.21 Å². The van der Waals surface area contributed by atoms with Gasteiger partial charge in [0.05, 0.1) is 28.4 Å². The Morgan fingerprint density at radius 1 is 1.05 bits per heavy atom. The molecule has 0 N–H and O–H groups in total. The van der Waals surface area contributed by atoms with Gasteiger partial charge in [0.1, 0.15) is 5.76 Å². The zero-order valence-corrected chi connectivity index (χ0v) is 13.5. The normalized spacial score (nSPS) is 16.0. The van der Waals surface area contributed by atoms with E-state index in [1.165, 1.54) is 0 Å². The van der Waals surface area contributed by atoms with Gasteiger partial charge in [0, 0.05) is 26.2 Å². The van der Waals surface area contributed by atoms with E-state index in [-0.39, 0.29) is 5.91 Å². The molecular weight excluding hydrogens is 323 g/mol. The molecule has 1 aromatic carbocycles. The van der Waals surface area contributed by atoms with Gasteiger partial charge in [0.2, 0.25) is 0 Å². The topological polar surface area (TPSA) is 36.7 Å². The van der Waals surface area contributed by atoms with Gasteiger partial charge in [-0.2, -0.15) is 0 Å². The second kappa shape index (κ2) is 6.73. The summed E-state index contributed by atoms with van der Waals surface area (Å²) >= 11 is 12.2. The minimum absolute atomic E-state index is 0.103. The van der Waals surface area contributed by atoms with Crippen LogP contribution in [0.2, 0.25) is 10.0 Å². The monoisotopic (exact) mass is 338 g/mol. The van der Waals surface area contributed by atoms with Crippen LogP contribution in [0.25, 0.3) is 0 Å². The van der Waals surface area contributed by atoms with Crippen LogP contribution in [-0.4, -0.2) is 41.9 Å². The molecule has 0 unspecified atom stereocenters. The summed E-state index contributed by atoms with van der Waals surface area (Å²) in [6.07, 6.45) is 1.68. The number of furan rings is 1. The molecule has 116 valence electrons. The summed E-state index contributed by atoms with van der Waals surface area (Å²) in [5.74, 6) is 0.835. The lowest BCUT2D eigenvalue weighted by molar-refractivity contribution is 0.0620. The number of amides is 1. The van der Waals surface area contributed by atoms with Crippen molar-refractivity contribution in [1.29, 1.82) is 0 Å². The van der Waals surface area contributed by atoms with E-state index in [0.29, 0.717) is 28.7 Å². The van der Waals surface area contributed by atoms with Crippen LogP contribution in [0.1, 0.15) is 16.1 Å². The summed E-state index contributed by atoms with van der Waals surface area (Å²) < 4.78 is 5.35. The Morgan fingerprint density at radius 2 is 1.73 bits per heavy atom. The minimum atomic E-state index is -0.103. The van der Waals surface area contributed by atoms with Gasteiger partial charge in [-0.25, -0.2) is 0 Å². The first-order valence-electron chi connectivity index (χ1n) is 7.13. The minimum Gasteiger partial charge on any atom is -0.468 e. The molecule has 1 saturated heterocycles. The lowest BCUT2D eigenvalue weighted by Gasteiger charge is -2.34. The van der Waals surface area contributed by atoms with Crippen molar-refractivity contribution in [3.05, 3.63) is 58.0 Å². The summed E-state index contributed by atoms with van der Waals surface area (Å²) in [7, 11) is 0. The second-order valence-corrected chi connectivity index (χ2v) is 6.06. The van der Waals surface area contributed by atoms with Crippen LogP contribution < -0.4 is 0 Å². The van der Waals surface area contributed by atoms with Crippen LogP contribution in [0.15, 0.2) is 41.0 Å². The largest absolute Gasteiger partial charge is 0.468 e. The highest BCUT2D eigenvalue weighted by atomic mass is 35.5. The van der Waals surface area contributed by atoms with E-state index in [0.717, 1.165) is 25.4 Å². The zero-order valence-electron chi connectivity index (χ0n) is 12.0. The lowest BCUT2D eigenvalue weighted by Crippen LogP contribution is -2.48. The SMILES string of the molecule is O=C(c1c(Cl)cccc1Cl)N1CCN(Cc2ccco2)CC1. The average Bonchev–Trinajstić information content (AvgIpc) is 3.00. The van der Waals surface area contributed by atoms with E-state index >= 15 is 0 Å². The zero-order chi connectivity index (χ0) is 15.5. The van der Waals surface area contributed by atoms with Crippen LogP contribution in [0.5, 0.6) is 0 Å². The summed E-state index contributed by atoms with van der Waals surface area (Å²) in [4.78, 5) is 16.6. The van der Waals surface area contributed by atoms with E-state index < -0.39 is 0 Å². The quantitative estimate of drug-likeness (QED) is 0.858. The molecule has 1 aromatic heterocycles. The summed E-state index contributed by atoms with van der Waals surface area (Å²) in [6, 6.07) is 8.96. The van der Waals surface area contributed by atoms with E-state index in [1.807, 2.05) is 12.1 Å². The van der Waals surface area contributed by atoms with Crippen molar-refractivity contribution in [2.75, 3.05) is 26.2 Å². The third kappa shape index (κ3) is 3.29. The van der Waals surface area contributed by atoms with Gasteiger partial charge < -0.3 is 9.32 Å². The van der Waals surface area contributed by atoms with Crippen molar-refractivity contribution in [1.82, 2.24) is 9.80 Å². The third-order valence-corrected chi connectivity index (χ3v) is 4.43. The van der Waals surface area contributed by atoms with Gasteiger partial charge in [-0.05, 0) is 24.3 Å². The maximum Gasteiger partial charge on any atom is 0.256 e. The fourth-order valence-corrected chi connectivity index (χ4v) is 3.15. The Hall–Kier alpha value is -1.49. The van der Waals surface area contributed by atoms with Crippen molar-refractivity contribution in [3.63, 3.8) is 0 Å². The molecule has 4 nitrogen and oxygen atoms in total. The molecular formula is C16H16Cl2N2O2. The molecule has 0 spiro atoms. The highest BCUT2D eigenvalue weighted by molar-refractivity contribution is 6.39. The predicted molar refractivity (Wildman–Crippen MR) is 86.4 cm³/mol. The molecule has 1 fully saturated rings. The fourth-order valence-electron chi connectivity index (χ4n) is 2.59. The van der Waals surface area contributed by atoms with Crippen LogP contribution in [0.4, 0.5) is 0 Å². The van der Waals surface area contributed by atoms with E-state index in [9.17, 15) is 4.79 Å². The Bertz CT molecular complexity index is 630. The lowest BCUT2D eigenvalue weighted by atomic mass is 10.1. The smallest absolute Gasteiger partial charge is 0.256 e. The maximum absolute atomic E-state index is 12.6. The van der Waals surface area contributed by atoms with Crippen LogP contribution >= 0.6 is 23.2 Å². The van der Waals surface area contributed by atoms with Gasteiger partial charge >= 0.3 is 0 Å². The number of benzene rings is 1. The molecule has 0 saturated carbocycles. The second-order valence-electron chi connectivity index (χ2n) is 5.24. The highest BCUT2D eigenvalue weighted by Crippen LogP contribution is 2.26. The van der Waals surface area contributed by atoms with E-state index in [4.69, 9.17) is 27.6 Å². The van der Waals surface area contributed by atoms with Gasteiger partial charge in [0.25, 0.3) is 5.91 Å². The molecule has 0 bridgehead atoms. The Morgan fingerprint density at radius 3 is 2.32 bits per heavy atom. The number of carbonyl (C=O) groups is 1. The molecule has 22 heavy (non-hydrogen) atoms. The van der Waals surface area contributed by atoms with Gasteiger partial charge in [0.15, 0.2) is 0 Å². The molecule has 1 amide bonds. The van der Waals surface area contributed by atoms with Gasteiger partial charge in [-0.3, -0.25) is 9.69 Å². The molecule has 2 aromatic rings. The number of nitrogens with zero attached hydrogens (tertiary/aromatic N) is 2. The van der Waals surface area contributed by atoms with E-state index in [1.54, 1.807) is 29.4 Å². The molecule has 3 rings (SSSR count). The van der Waals surface area contributed by atoms with Crippen molar-refractivity contribution in [2.45, 2.75) is 6.54 Å². The molecule has 0 atom stereocenters. The predicted octanol–water partition coefficient (Wildman–Crippen LogP) is 3.54. The standard InChI is InChI=1S/C16H16Cl2N2O2/c17-13-4-1-5-14(18)15(13)16(21)20-8-6-19(7-9-20)11-12-3-2-10-22-12/h1-5,10H,6-9,11H2. The summed E-state index contributed by atoms with van der Waals surface area (Å²) in [5, 5.41) is 0.797. The van der Waals surface area contributed by atoms with Crippen LogP contribution in [-0.2, 0) is 6.54 Å². The number of hydrogen-bond donors (Lipinski definition) is 0. The molecule has 6 heteroatoms. The first-order valence-corrected chi connectivity index (χ1v) is 7.89. The first kappa shape index (κ1) is 15.4. The van der Waals surface area contributed by atoms with Crippen LogP contribution in [0, 0.1) is 0 Å². The first-order chi connectivity index (χ1) is 10.6. The molecule has 0 aliphatic carbocycles. The molecule has 0 radical (unpaired) electrons. The number of piperazine rings is 1. The maximum atomic E-state index is 12.6. The Kier molecular flexibility index (Phi) is 4.71. The van der Waals surface area contributed by atoms with Crippen molar-refractivity contribution >= 4 is 29.1 Å². The highest BCUT2D eigenvalue weighted by Gasteiger charge is 2.25. The summed E-state index contributed by atoms with van der Waals surface area (Å²) in [5.41, 5.74) is 0.394. The van der Waals surface area contributed by atoms with Crippen molar-refractivity contribution in [3.8, 4) is 0 Å².